The van der Waals surface area contributed by atoms with Crippen LogP contribution < -0.4 is 0 Å². The Kier molecular flexibility index (Phi) is 6.09. The van der Waals surface area contributed by atoms with Gasteiger partial charge in [0.15, 0.2) is 12.0 Å². The molecule has 0 bridgehead atoms. The smallest absolute Gasteiger partial charge is 0.336 e. The third-order valence-corrected chi connectivity index (χ3v) is 1.90. The summed E-state index contributed by atoms with van der Waals surface area (Å²) in [6, 6.07) is 0. The van der Waals surface area contributed by atoms with Crippen molar-refractivity contribution in [3.63, 3.8) is 0 Å². The van der Waals surface area contributed by atoms with E-state index in [1.807, 2.05) is 0 Å². The summed E-state index contributed by atoms with van der Waals surface area (Å²) in [6.07, 6.45) is -1.38. The van der Waals surface area contributed by atoms with E-state index >= 15 is 0 Å². The molecule has 1 atom stereocenters. The Bertz CT molecular complexity index is 257. The van der Waals surface area contributed by atoms with Gasteiger partial charge in [-0.25, -0.2) is 4.79 Å². The summed E-state index contributed by atoms with van der Waals surface area (Å²) in [5.74, 6) is -4.20. The van der Waals surface area contributed by atoms with Gasteiger partial charge in [0.25, 0.3) is 0 Å². The SMILES string of the molecule is COC(=O)C(OC)C(C(=O)OC)C(=O)OC. The monoisotopic (exact) mass is 234 g/mol. The summed E-state index contributed by atoms with van der Waals surface area (Å²) in [7, 11) is 4.45. The van der Waals surface area contributed by atoms with E-state index in [1.165, 1.54) is 7.11 Å². The molecule has 0 N–H and O–H groups in total. The van der Waals surface area contributed by atoms with E-state index in [4.69, 9.17) is 4.74 Å². The van der Waals surface area contributed by atoms with Gasteiger partial charge in [0.2, 0.25) is 0 Å². The molecule has 92 valence electrons. The molecule has 0 rings (SSSR count). The molecule has 0 saturated heterocycles. The van der Waals surface area contributed by atoms with Gasteiger partial charge in [-0.1, -0.05) is 0 Å². The first-order valence-electron chi connectivity index (χ1n) is 4.29. The number of hydrogen-bond acceptors (Lipinski definition) is 7. The highest BCUT2D eigenvalue weighted by Gasteiger charge is 2.42. The molecule has 7 nitrogen and oxygen atoms in total. The highest BCUT2D eigenvalue weighted by atomic mass is 16.6. The Labute approximate surface area is 92.6 Å². The highest BCUT2D eigenvalue weighted by Crippen LogP contribution is 2.13. The minimum Gasteiger partial charge on any atom is -0.468 e. The molecule has 0 saturated carbocycles. The van der Waals surface area contributed by atoms with Crippen molar-refractivity contribution in [1.29, 1.82) is 0 Å². The second-order valence-corrected chi connectivity index (χ2v) is 2.70. The van der Waals surface area contributed by atoms with Crippen LogP contribution in [0.4, 0.5) is 0 Å². The van der Waals surface area contributed by atoms with Crippen molar-refractivity contribution < 1.29 is 33.3 Å². The van der Waals surface area contributed by atoms with Crippen molar-refractivity contribution in [2.45, 2.75) is 6.10 Å². The fourth-order valence-electron chi connectivity index (χ4n) is 1.08. The number of esters is 3. The molecule has 0 fully saturated rings. The first-order chi connectivity index (χ1) is 7.53. The molecule has 7 heteroatoms. The molecule has 0 aliphatic rings. The molecule has 0 aliphatic heterocycles. The molecule has 1 unspecified atom stereocenters. The maximum absolute atomic E-state index is 11.3. The Hall–Kier alpha value is -1.63. The van der Waals surface area contributed by atoms with Gasteiger partial charge in [-0.2, -0.15) is 0 Å². The molecule has 0 spiro atoms. The van der Waals surface area contributed by atoms with Crippen LogP contribution in [-0.2, 0) is 33.3 Å². The standard InChI is InChI=1S/C9H14O7/c1-13-6(9(12)16-4)5(7(10)14-2)8(11)15-3/h5-6H,1-4H3. The first-order valence-corrected chi connectivity index (χ1v) is 4.29. The Morgan fingerprint density at radius 1 is 0.750 bits per heavy atom. The normalized spacial score (nSPS) is 11.8. The van der Waals surface area contributed by atoms with Crippen molar-refractivity contribution in [3.05, 3.63) is 0 Å². The highest BCUT2D eigenvalue weighted by molar-refractivity contribution is 6.00. The van der Waals surface area contributed by atoms with Crippen LogP contribution in [0.1, 0.15) is 0 Å². The minimum absolute atomic E-state index is 0.858. The molecular weight excluding hydrogens is 220 g/mol. The number of methoxy groups -OCH3 is 4. The fourth-order valence-corrected chi connectivity index (χ4v) is 1.08. The lowest BCUT2D eigenvalue weighted by atomic mass is 10.0. The zero-order chi connectivity index (χ0) is 12.7. The van der Waals surface area contributed by atoms with Crippen molar-refractivity contribution in [1.82, 2.24) is 0 Å². The summed E-state index contributed by atoms with van der Waals surface area (Å²) in [5, 5.41) is 0. The fraction of sp³-hybridized carbons (Fsp3) is 0.667. The van der Waals surface area contributed by atoms with Crippen LogP contribution in [0.15, 0.2) is 0 Å². The van der Waals surface area contributed by atoms with E-state index in [1.54, 1.807) is 0 Å². The maximum Gasteiger partial charge on any atom is 0.336 e. The molecule has 0 radical (unpaired) electrons. The van der Waals surface area contributed by atoms with Gasteiger partial charge in [-0.3, -0.25) is 9.59 Å². The van der Waals surface area contributed by atoms with Gasteiger partial charge < -0.3 is 18.9 Å². The molecular formula is C9H14O7. The number of ether oxygens (including phenoxy) is 4. The van der Waals surface area contributed by atoms with Crippen molar-refractivity contribution in [3.8, 4) is 0 Å². The largest absolute Gasteiger partial charge is 0.468 e. The number of carbonyl (C=O) groups excluding carboxylic acids is 3. The van der Waals surface area contributed by atoms with E-state index < -0.39 is 29.9 Å². The summed E-state index contributed by atoms with van der Waals surface area (Å²) in [4.78, 5) is 33.9. The predicted molar refractivity (Wildman–Crippen MR) is 50.3 cm³/mol. The number of hydrogen-bond donors (Lipinski definition) is 0. The van der Waals surface area contributed by atoms with E-state index in [2.05, 4.69) is 14.2 Å². The maximum atomic E-state index is 11.3. The van der Waals surface area contributed by atoms with Gasteiger partial charge in [-0.05, 0) is 0 Å². The molecule has 0 amide bonds. The second kappa shape index (κ2) is 6.78. The summed E-state index contributed by atoms with van der Waals surface area (Å²) >= 11 is 0. The van der Waals surface area contributed by atoms with Crippen LogP contribution in [0.3, 0.4) is 0 Å². The lowest BCUT2D eigenvalue weighted by Crippen LogP contribution is -2.43. The number of carbonyl (C=O) groups is 3. The van der Waals surface area contributed by atoms with E-state index in [9.17, 15) is 14.4 Å². The third-order valence-electron chi connectivity index (χ3n) is 1.90. The van der Waals surface area contributed by atoms with Gasteiger partial charge in [0.05, 0.1) is 21.3 Å². The van der Waals surface area contributed by atoms with Crippen molar-refractivity contribution >= 4 is 17.9 Å². The topological polar surface area (TPSA) is 88.1 Å². The second-order valence-electron chi connectivity index (χ2n) is 2.70. The van der Waals surface area contributed by atoms with Gasteiger partial charge in [-0.15, -0.1) is 0 Å². The summed E-state index contributed by atoms with van der Waals surface area (Å²) < 4.78 is 17.9. The Morgan fingerprint density at radius 2 is 1.12 bits per heavy atom. The van der Waals surface area contributed by atoms with Crippen LogP contribution in [0.25, 0.3) is 0 Å². The average molecular weight is 234 g/mol. The third kappa shape index (κ3) is 3.20. The van der Waals surface area contributed by atoms with Crippen LogP contribution >= 0.6 is 0 Å². The van der Waals surface area contributed by atoms with Gasteiger partial charge in [0, 0.05) is 7.11 Å². The molecule has 0 aromatic rings. The van der Waals surface area contributed by atoms with Gasteiger partial charge in [0.1, 0.15) is 0 Å². The number of rotatable bonds is 5. The Morgan fingerprint density at radius 3 is 1.38 bits per heavy atom. The van der Waals surface area contributed by atoms with Crippen LogP contribution in [0, 0.1) is 5.92 Å². The average Bonchev–Trinajstić information content (AvgIpc) is 2.32. The lowest BCUT2D eigenvalue weighted by molar-refractivity contribution is -0.175. The predicted octanol–water partition coefficient (Wildman–Crippen LogP) is -0.863. The zero-order valence-corrected chi connectivity index (χ0v) is 9.51. The zero-order valence-electron chi connectivity index (χ0n) is 9.51. The van der Waals surface area contributed by atoms with Crippen LogP contribution in [0.2, 0.25) is 0 Å². The first kappa shape index (κ1) is 14.4. The molecule has 16 heavy (non-hydrogen) atoms. The lowest BCUT2D eigenvalue weighted by Gasteiger charge is -2.19. The van der Waals surface area contributed by atoms with Crippen molar-refractivity contribution in [2.24, 2.45) is 5.92 Å². The van der Waals surface area contributed by atoms with E-state index in [-0.39, 0.29) is 0 Å². The van der Waals surface area contributed by atoms with Gasteiger partial charge >= 0.3 is 17.9 Å². The molecule has 0 aliphatic carbocycles. The molecule has 0 heterocycles. The Balaban J connectivity index is 5.05. The van der Waals surface area contributed by atoms with Crippen LogP contribution in [0.5, 0.6) is 0 Å². The molecule has 0 aromatic heterocycles. The molecule has 0 aromatic carbocycles. The summed E-state index contributed by atoms with van der Waals surface area (Å²) in [6.45, 7) is 0. The van der Waals surface area contributed by atoms with E-state index in [0.717, 1.165) is 21.3 Å². The van der Waals surface area contributed by atoms with Crippen molar-refractivity contribution in [2.75, 3.05) is 28.4 Å². The minimum atomic E-state index is -1.49. The summed E-state index contributed by atoms with van der Waals surface area (Å²) in [5.41, 5.74) is 0. The quantitative estimate of drug-likeness (QED) is 0.347. The van der Waals surface area contributed by atoms with Crippen LogP contribution in [-0.4, -0.2) is 52.5 Å². The van der Waals surface area contributed by atoms with E-state index in [0.29, 0.717) is 0 Å².